The molecule has 25 heavy (non-hydrogen) atoms. The Balaban J connectivity index is 2.49. The van der Waals surface area contributed by atoms with Gasteiger partial charge in [-0.1, -0.05) is 12.2 Å². The summed E-state index contributed by atoms with van der Waals surface area (Å²) < 4.78 is 35.0. The van der Waals surface area contributed by atoms with Crippen molar-refractivity contribution in [3.8, 4) is 5.75 Å². The number of ether oxygens (including phenoxy) is 1. The van der Waals surface area contributed by atoms with Crippen LogP contribution in [0.1, 0.15) is 22.8 Å². The highest BCUT2D eigenvalue weighted by atomic mass is 127. The normalized spacial score (nSPS) is 10.9. The smallest absolute Gasteiger partial charge is 0.251 e. The number of carbonyl (C=O) groups excluding carboxylic acids is 1. The van der Waals surface area contributed by atoms with E-state index in [-0.39, 0.29) is 23.6 Å². The molecular weight excluding hydrogens is 441 g/mol. The number of hydrogen-bond donors (Lipinski definition) is 2. The third-order valence-electron chi connectivity index (χ3n) is 3.46. The predicted molar refractivity (Wildman–Crippen MR) is 102 cm³/mol. The van der Waals surface area contributed by atoms with Crippen LogP contribution in [0.25, 0.3) is 0 Å². The number of hydrogen-bond acceptors (Lipinski definition) is 3. The molecule has 0 aliphatic rings. The minimum absolute atomic E-state index is 0.0497. The Morgan fingerprint density at radius 1 is 1.32 bits per heavy atom. The van der Waals surface area contributed by atoms with Gasteiger partial charge in [0.05, 0.1) is 11.3 Å². The first-order chi connectivity index (χ1) is 11.8. The summed E-state index contributed by atoms with van der Waals surface area (Å²) in [7, 11) is 0. The molecule has 0 heterocycles. The van der Waals surface area contributed by atoms with Crippen molar-refractivity contribution in [3.63, 3.8) is 0 Å². The van der Waals surface area contributed by atoms with Crippen molar-refractivity contribution in [1.29, 1.82) is 0 Å². The molecule has 0 spiro atoms. The summed E-state index contributed by atoms with van der Waals surface area (Å²) in [6.07, 6.45) is 3.33. The van der Waals surface area contributed by atoms with Crippen LogP contribution >= 0.6 is 22.6 Å². The molecule has 0 saturated heterocycles. The lowest BCUT2D eigenvalue weighted by Crippen LogP contribution is -2.16. The van der Waals surface area contributed by atoms with Gasteiger partial charge in [-0.25, -0.2) is 4.39 Å². The molecule has 4 nitrogen and oxygen atoms in total. The molecule has 0 saturated carbocycles. The molecule has 0 fully saturated rings. The van der Waals surface area contributed by atoms with Gasteiger partial charge in [0.25, 0.3) is 5.91 Å². The summed E-state index contributed by atoms with van der Waals surface area (Å²) in [4.78, 5) is 11.7. The summed E-state index contributed by atoms with van der Waals surface area (Å²) >= 11 is 2.14. The van der Waals surface area contributed by atoms with Crippen LogP contribution in [0.15, 0.2) is 36.4 Å². The average Bonchev–Trinajstić information content (AvgIpc) is 2.55. The van der Waals surface area contributed by atoms with E-state index in [0.717, 1.165) is 15.2 Å². The van der Waals surface area contributed by atoms with E-state index in [0.29, 0.717) is 5.69 Å². The number of nitrogens with one attached hydrogen (secondary N) is 1. The Morgan fingerprint density at radius 2 is 2.04 bits per heavy atom. The highest BCUT2D eigenvalue weighted by Gasteiger charge is 2.22. The zero-order valence-electron chi connectivity index (χ0n) is 13.7. The number of halogens is 3. The monoisotopic (exact) mass is 458 g/mol. The van der Waals surface area contributed by atoms with Gasteiger partial charge in [0.1, 0.15) is 6.61 Å². The number of benzene rings is 2. The largest absolute Gasteiger partial charge is 0.486 e. The summed E-state index contributed by atoms with van der Waals surface area (Å²) in [5, 5.41) is 2.76. The molecule has 0 unspecified atom stereocenters. The van der Waals surface area contributed by atoms with Crippen LogP contribution in [0, 0.1) is 22.1 Å². The van der Waals surface area contributed by atoms with Crippen molar-refractivity contribution in [2.45, 2.75) is 13.8 Å². The SMILES string of the molecule is CC=CCOc1cc(C(N)=O)c(Nc2ccc(I)cc2C)c(F)c1F. The number of aryl methyl sites for hydroxylation is 1. The topological polar surface area (TPSA) is 64.3 Å². The van der Waals surface area contributed by atoms with Gasteiger partial charge in [0.2, 0.25) is 5.82 Å². The lowest BCUT2D eigenvalue weighted by molar-refractivity contribution is 0.1000. The minimum Gasteiger partial charge on any atom is -0.486 e. The molecule has 2 aromatic rings. The second-order valence-electron chi connectivity index (χ2n) is 5.25. The Kier molecular flexibility index (Phi) is 6.35. The number of primary amides is 1. The lowest BCUT2D eigenvalue weighted by atomic mass is 10.1. The van der Waals surface area contributed by atoms with Crippen LogP contribution in [0.2, 0.25) is 0 Å². The molecule has 0 aliphatic carbocycles. The molecule has 1 amide bonds. The number of anilines is 2. The van der Waals surface area contributed by atoms with Crippen LogP contribution in [0.4, 0.5) is 20.2 Å². The molecule has 0 atom stereocenters. The standard InChI is InChI=1S/C18H17F2IN2O2/c1-3-4-7-25-14-9-12(18(22)24)17(16(20)15(14)19)23-13-6-5-11(21)8-10(13)2/h3-6,8-9,23H,7H2,1-2H3,(H2,22,24). The number of nitrogens with two attached hydrogens (primary N) is 1. The van der Waals surface area contributed by atoms with Gasteiger partial charge in [-0.3, -0.25) is 4.79 Å². The Morgan fingerprint density at radius 3 is 2.64 bits per heavy atom. The quantitative estimate of drug-likeness (QED) is 0.489. The van der Waals surface area contributed by atoms with Gasteiger partial charge in [-0.05, 0) is 66.3 Å². The molecule has 0 aliphatic heterocycles. The molecule has 2 rings (SSSR count). The van der Waals surface area contributed by atoms with Crippen molar-refractivity contribution in [1.82, 2.24) is 0 Å². The van der Waals surface area contributed by atoms with Crippen LogP contribution in [0.5, 0.6) is 5.75 Å². The zero-order valence-corrected chi connectivity index (χ0v) is 15.9. The van der Waals surface area contributed by atoms with Crippen LogP contribution in [0.3, 0.4) is 0 Å². The van der Waals surface area contributed by atoms with Crippen molar-refractivity contribution in [2.75, 3.05) is 11.9 Å². The number of carbonyl (C=O) groups is 1. The first kappa shape index (κ1) is 19.2. The summed E-state index contributed by atoms with van der Waals surface area (Å²) in [5.74, 6) is -3.65. The van der Waals surface area contributed by atoms with E-state index in [4.69, 9.17) is 10.5 Å². The predicted octanol–water partition coefficient (Wildman–Crippen LogP) is 4.68. The Labute approximate surface area is 158 Å². The zero-order chi connectivity index (χ0) is 18.6. The maximum absolute atomic E-state index is 14.5. The molecular formula is C18H17F2IN2O2. The van der Waals surface area contributed by atoms with Crippen LogP contribution in [-0.4, -0.2) is 12.5 Å². The number of rotatable bonds is 6. The fourth-order valence-corrected chi connectivity index (χ4v) is 2.81. The van der Waals surface area contributed by atoms with E-state index in [9.17, 15) is 13.6 Å². The molecule has 3 N–H and O–H groups in total. The summed E-state index contributed by atoms with van der Waals surface area (Å²) in [6, 6.07) is 6.50. The van der Waals surface area contributed by atoms with Crippen molar-refractivity contribution >= 4 is 39.9 Å². The molecule has 0 aromatic heterocycles. The van der Waals surface area contributed by atoms with Crippen molar-refractivity contribution in [3.05, 3.63) is 62.7 Å². The molecule has 7 heteroatoms. The highest BCUT2D eigenvalue weighted by molar-refractivity contribution is 14.1. The van der Waals surface area contributed by atoms with Crippen LogP contribution in [-0.2, 0) is 0 Å². The van der Waals surface area contributed by atoms with Gasteiger partial charge in [0.15, 0.2) is 11.6 Å². The van der Waals surface area contributed by atoms with Gasteiger partial charge in [0, 0.05) is 9.26 Å². The maximum Gasteiger partial charge on any atom is 0.251 e. The summed E-state index contributed by atoms with van der Waals surface area (Å²) in [5.41, 5.74) is 6.19. The van der Waals surface area contributed by atoms with Gasteiger partial charge in [-0.15, -0.1) is 0 Å². The van der Waals surface area contributed by atoms with E-state index in [1.54, 1.807) is 25.1 Å². The third-order valence-corrected chi connectivity index (χ3v) is 4.13. The second-order valence-corrected chi connectivity index (χ2v) is 6.50. The highest BCUT2D eigenvalue weighted by Crippen LogP contribution is 2.33. The second kappa shape index (κ2) is 8.28. The Hall–Kier alpha value is -2.16. The molecule has 0 radical (unpaired) electrons. The van der Waals surface area contributed by atoms with Crippen molar-refractivity contribution < 1.29 is 18.3 Å². The van der Waals surface area contributed by atoms with E-state index in [2.05, 4.69) is 27.9 Å². The van der Waals surface area contributed by atoms with E-state index in [1.165, 1.54) is 0 Å². The third kappa shape index (κ3) is 4.47. The molecule has 0 bridgehead atoms. The first-order valence-electron chi connectivity index (χ1n) is 7.44. The van der Waals surface area contributed by atoms with E-state index < -0.39 is 17.5 Å². The minimum atomic E-state index is -1.22. The maximum atomic E-state index is 14.5. The fraction of sp³-hybridized carbons (Fsp3) is 0.167. The van der Waals surface area contributed by atoms with Gasteiger partial charge >= 0.3 is 0 Å². The van der Waals surface area contributed by atoms with Crippen LogP contribution < -0.4 is 15.8 Å². The number of allylic oxidation sites excluding steroid dienone is 1. The van der Waals surface area contributed by atoms with E-state index >= 15 is 0 Å². The average molecular weight is 458 g/mol. The van der Waals surface area contributed by atoms with Gasteiger partial charge in [-0.2, -0.15) is 4.39 Å². The molecule has 2 aromatic carbocycles. The Bertz CT molecular complexity index is 838. The summed E-state index contributed by atoms with van der Waals surface area (Å²) in [6.45, 7) is 3.64. The van der Waals surface area contributed by atoms with Crippen molar-refractivity contribution in [2.24, 2.45) is 5.73 Å². The van der Waals surface area contributed by atoms with E-state index in [1.807, 2.05) is 19.1 Å². The van der Waals surface area contributed by atoms with Gasteiger partial charge < -0.3 is 15.8 Å². The lowest BCUT2D eigenvalue weighted by Gasteiger charge is -2.16. The fourth-order valence-electron chi connectivity index (χ4n) is 2.16. The number of amides is 1. The molecule has 132 valence electrons. The first-order valence-corrected chi connectivity index (χ1v) is 8.52.